The molecule has 2 aliphatic rings. The molecule has 0 N–H and O–H groups in total. The predicted octanol–water partition coefficient (Wildman–Crippen LogP) is 1.96. The van der Waals surface area contributed by atoms with E-state index in [1.54, 1.807) is 30.9 Å². The van der Waals surface area contributed by atoms with Crippen LogP contribution < -0.4 is 4.74 Å². The van der Waals surface area contributed by atoms with Crippen LogP contribution in [-0.4, -0.2) is 58.2 Å². The van der Waals surface area contributed by atoms with Crippen molar-refractivity contribution < 1.29 is 14.3 Å². The summed E-state index contributed by atoms with van der Waals surface area (Å²) < 4.78 is 11.7. The Labute approximate surface area is 152 Å². The van der Waals surface area contributed by atoms with E-state index in [0.29, 0.717) is 6.61 Å². The zero-order valence-corrected chi connectivity index (χ0v) is 14.6. The third kappa shape index (κ3) is 3.67. The summed E-state index contributed by atoms with van der Waals surface area (Å²) in [5.74, 6) is 0.949. The van der Waals surface area contributed by atoms with Gasteiger partial charge in [0.1, 0.15) is 12.4 Å². The number of piperidine rings is 1. The quantitative estimate of drug-likeness (QED) is 0.835. The van der Waals surface area contributed by atoms with Gasteiger partial charge < -0.3 is 14.4 Å². The Kier molecular flexibility index (Phi) is 4.79. The second-order valence-electron chi connectivity index (χ2n) is 7.00. The Morgan fingerprint density at radius 1 is 1.23 bits per heavy atom. The number of ether oxygens (including phenoxy) is 2. The average Bonchev–Trinajstić information content (AvgIpc) is 3.10. The molecule has 2 aromatic rings. The maximum absolute atomic E-state index is 12.5. The van der Waals surface area contributed by atoms with Crippen molar-refractivity contribution in [3.63, 3.8) is 0 Å². The van der Waals surface area contributed by atoms with Gasteiger partial charge in [-0.3, -0.25) is 9.78 Å². The van der Waals surface area contributed by atoms with E-state index in [2.05, 4.69) is 15.0 Å². The summed E-state index contributed by atoms with van der Waals surface area (Å²) in [6.07, 6.45) is 9.58. The molecule has 2 aromatic heterocycles. The summed E-state index contributed by atoms with van der Waals surface area (Å²) in [6.45, 7) is 2.71. The fraction of sp³-hybridized carbons (Fsp3) is 0.474. The number of hydrogen-bond acceptors (Lipinski definition) is 6. The van der Waals surface area contributed by atoms with Gasteiger partial charge in [-0.05, 0) is 42.9 Å². The van der Waals surface area contributed by atoms with Crippen molar-refractivity contribution in [1.29, 1.82) is 0 Å². The number of rotatable bonds is 4. The highest BCUT2D eigenvalue weighted by Crippen LogP contribution is 2.42. The standard InChI is InChI=1S/C19H22N4O3/c24-18(17-21-7-2-8-22-17)23-9-4-19(5-10-23)11-16(26-14-19)13-25-15-3-1-6-20-12-15/h1-3,6-8,12,16H,4-5,9-11,13-14H2. The Morgan fingerprint density at radius 3 is 2.77 bits per heavy atom. The molecule has 7 nitrogen and oxygen atoms in total. The molecule has 136 valence electrons. The zero-order chi connectivity index (χ0) is 17.8. The molecular formula is C19H22N4O3. The second-order valence-corrected chi connectivity index (χ2v) is 7.00. The highest BCUT2D eigenvalue weighted by molar-refractivity contribution is 5.90. The van der Waals surface area contributed by atoms with Crippen molar-refractivity contribution in [3.8, 4) is 5.75 Å². The van der Waals surface area contributed by atoms with Crippen LogP contribution in [0.4, 0.5) is 0 Å². The van der Waals surface area contributed by atoms with Gasteiger partial charge in [0.25, 0.3) is 5.91 Å². The fourth-order valence-corrected chi connectivity index (χ4v) is 3.71. The highest BCUT2D eigenvalue weighted by Gasteiger charge is 2.43. The van der Waals surface area contributed by atoms with E-state index in [-0.39, 0.29) is 23.3 Å². The minimum Gasteiger partial charge on any atom is -0.489 e. The predicted molar refractivity (Wildman–Crippen MR) is 93.7 cm³/mol. The smallest absolute Gasteiger partial charge is 0.291 e. The van der Waals surface area contributed by atoms with Crippen molar-refractivity contribution in [3.05, 3.63) is 48.8 Å². The van der Waals surface area contributed by atoms with Crippen LogP contribution in [0, 0.1) is 5.41 Å². The van der Waals surface area contributed by atoms with Gasteiger partial charge >= 0.3 is 0 Å². The van der Waals surface area contributed by atoms with Crippen molar-refractivity contribution in [2.45, 2.75) is 25.4 Å². The number of hydrogen-bond donors (Lipinski definition) is 0. The molecule has 0 saturated carbocycles. The minimum absolute atomic E-state index is 0.0872. The van der Waals surface area contributed by atoms with E-state index < -0.39 is 0 Å². The lowest BCUT2D eigenvalue weighted by molar-refractivity contribution is 0.0422. The summed E-state index contributed by atoms with van der Waals surface area (Å²) >= 11 is 0. The molecular weight excluding hydrogens is 332 g/mol. The molecule has 1 amide bonds. The number of nitrogens with zero attached hydrogens (tertiary/aromatic N) is 4. The normalized spacial score (nSPS) is 21.7. The van der Waals surface area contributed by atoms with Crippen LogP contribution in [0.2, 0.25) is 0 Å². The first-order chi connectivity index (χ1) is 12.7. The lowest BCUT2D eigenvalue weighted by atomic mass is 9.76. The van der Waals surface area contributed by atoms with E-state index in [1.165, 1.54) is 0 Å². The van der Waals surface area contributed by atoms with E-state index in [9.17, 15) is 4.79 Å². The topological polar surface area (TPSA) is 77.4 Å². The molecule has 0 radical (unpaired) electrons. The van der Waals surface area contributed by atoms with Crippen molar-refractivity contribution in [2.24, 2.45) is 5.41 Å². The molecule has 2 aliphatic heterocycles. The Morgan fingerprint density at radius 2 is 2.04 bits per heavy atom. The molecule has 0 bridgehead atoms. The van der Waals surface area contributed by atoms with E-state index in [1.807, 2.05) is 17.0 Å². The number of carbonyl (C=O) groups excluding carboxylic acids is 1. The third-order valence-corrected chi connectivity index (χ3v) is 5.22. The van der Waals surface area contributed by atoms with Crippen molar-refractivity contribution in [2.75, 3.05) is 26.3 Å². The van der Waals surface area contributed by atoms with Gasteiger partial charge in [0.05, 0.1) is 18.9 Å². The second kappa shape index (κ2) is 7.37. The first-order valence-corrected chi connectivity index (χ1v) is 8.95. The largest absolute Gasteiger partial charge is 0.489 e. The molecule has 2 saturated heterocycles. The number of amides is 1. The van der Waals surface area contributed by atoms with Gasteiger partial charge in [0, 0.05) is 31.7 Å². The highest BCUT2D eigenvalue weighted by atomic mass is 16.5. The third-order valence-electron chi connectivity index (χ3n) is 5.22. The monoisotopic (exact) mass is 354 g/mol. The van der Waals surface area contributed by atoms with Gasteiger partial charge in [-0.1, -0.05) is 0 Å². The Balaban J connectivity index is 1.28. The number of pyridine rings is 1. The maximum Gasteiger partial charge on any atom is 0.291 e. The van der Waals surface area contributed by atoms with Crippen LogP contribution in [0.1, 0.15) is 29.9 Å². The Bertz CT molecular complexity index is 733. The summed E-state index contributed by atoms with van der Waals surface area (Å²) in [5, 5.41) is 0. The molecule has 1 unspecified atom stereocenters. The molecule has 4 rings (SSSR count). The van der Waals surface area contributed by atoms with Gasteiger partial charge in [-0.2, -0.15) is 0 Å². The number of carbonyl (C=O) groups is 1. The van der Waals surface area contributed by atoms with Crippen LogP contribution in [0.3, 0.4) is 0 Å². The van der Waals surface area contributed by atoms with E-state index >= 15 is 0 Å². The fourth-order valence-electron chi connectivity index (χ4n) is 3.71. The lowest BCUT2D eigenvalue weighted by Gasteiger charge is -2.38. The van der Waals surface area contributed by atoms with Crippen LogP contribution >= 0.6 is 0 Å². The van der Waals surface area contributed by atoms with Gasteiger partial charge in [-0.15, -0.1) is 0 Å². The van der Waals surface area contributed by atoms with E-state index in [4.69, 9.17) is 9.47 Å². The molecule has 0 aromatic carbocycles. The molecule has 1 spiro atoms. The molecule has 26 heavy (non-hydrogen) atoms. The molecule has 4 heterocycles. The summed E-state index contributed by atoms with van der Waals surface area (Å²) in [7, 11) is 0. The Hall–Kier alpha value is -2.54. The average molecular weight is 354 g/mol. The first-order valence-electron chi connectivity index (χ1n) is 8.95. The van der Waals surface area contributed by atoms with Crippen LogP contribution in [0.25, 0.3) is 0 Å². The minimum atomic E-state index is -0.0872. The molecule has 7 heteroatoms. The molecule has 2 fully saturated rings. The summed E-state index contributed by atoms with van der Waals surface area (Å²) in [6, 6.07) is 5.47. The van der Waals surface area contributed by atoms with Crippen LogP contribution in [-0.2, 0) is 4.74 Å². The number of likely N-dealkylation sites (tertiary alicyclic amines) is 1. The summed E-state index contributed by atoms with van der Waals surface area (Å²) in [5.41, 5.74) is 0.150. The zero-order valence-electron chi connectivity index (χ0n) is 14.6. The van der Waals surface area contributed by atoms with Gasteiger partial charge in [-0.25, -0.2) is 9.97 Å². The molecule has 1 atom stereocenters. The van der Waals surface area contributed by atoms with Crippen molar-refractivity contribution in [1.82, 2.24) is 19.9 Å². The SMILES string of the molecule is O=C(c1ncccn1)N1CCC2(CC1)COC(COc1cccnc1)C2. The lowest BCUT2D eigenvalue weighted by Crippen LogP contribution is -2.44. The van der Waals surface area contributed by atoms with Gasteiger partial charge in [0.2, 0.25) is 5.82 Å². The number of aromatic nitrogens is 3. The maximum atomic E-state index is 12.5. The summed E-state index contributed by atoms with van der Waals surface area (Å²) in [4.78, 5) is 26.5. The molecule has 0 aliphatic carbocycles. The van der Waals surface area contributed by atoms with Crippen LogP contribution in [0.15, 0.2) is 43.0 Å². The van der Waals surface area contributed by atoms with E-state index in [0.717, 1.165) is 44.7 Å². The van der Waals surface area contributed by atoms with Gasteiger partial charge in [0.15, 0.2) is 0 Å². The first kappa shape index (κ1) is 16.9. The van der Waals surface area contributed by atoms with Crippen LogP contribution in [0.5, 0.6) is 5.75 Å². The van der Waals surface area contributed by atoms with Crippen molar-refractivity contribution >= 4 is 5.91 Å².